The Morgan fingerprint density at radius 2 is 2.27 bits per heavy atom. The maximum absolute atomic E-state index is 9.68. The topological polar surface area (TPSA) is 20.2 Å². The van der Waals surface area contributed by atoms with Gasteiger partial charge >= 0.3 is 0 Å². The zero-order valence-corrected chi connectivity index (χ0v) is 7.30. The molecule has 0 radical (unpaired) electrons. The number of fused-ring (bicyclic) bond motifs is 1. The third kappa shape index (κ3) is 0.807. The normalized spacial score (nSPS) is 53.9. The number of hydrogen-bond acceptors (Lipinski definition) is 1. The molecule has 0 saturated heterocycles. The van der Waals surface area contributed by atoms with Gasteiger partial charge in [-0.05, 0) is 37.0 Å². The lowest BCUT2D eigenvalue weighted by Gasteiger charge is -2.13. The van der Waals surface area contributed by atoms with Crippen LogP contribution in [0.1, 0.15) is 26.7 Å². The molecule has 0 aromatic rings. The molecule has 2 saturated carbocycles. The SMILES string of the molecule is C=C(C)[C@@H]1C[C@H](O)[C@]2(C)C[C@H]12. The highest BCUT2D eigenvalue weighted by molar-refractivity contribution is 5.19. The molecule has 0 aromatic carbocycles. The fraction of sp³-hybridized carbons (Fsp3) is 0.800. The van der Waals surface area contributed by atoms with Crippen LogP contribution < -0.4 is 0 Å². The van der Waals surface area contributed by atoms with E-state index in [2.05, 4.69) is 20.4 Å². The lowest BCUT2D eigenvalue weighted by molar-refractivity contribution is 0.111. The highest BCUT2D eigenvalue weighted by Gasteiger charge is 2.63. The summed E-state index contributed by atoms with van der Waals surface area (Å²) in [5.74, 6) is 1.35. The van der Waals surface area contributed by atoms with Crippen molar-refractivity contribution in [1.82, 2.24) is 0 Å². The smallest absolute Gasteiger partial charge is 0.0602 e. The second-order valence-electron chi connectivity index (χ2n) is 4.52. The minimum absolute atomic E-state index is 0.0609. The maximum atomic E-state index is 9.68. The van der Waals surface area contributed by atoms with Crippen LogP contribution in [0.4, 0.5) is 0 Å². The second-order valence-corrected chi connectivity index (χ2v) is 4.52. The highest BCUT2D eigenvalue weighted by atomic mass is 16.3. The Bertz CT molecular complexity index is 209. The summed E-state index contributed by atoms with van der Waals surface area (Å²) in [6.07, 6.45) is 2.11. The summed E-state index contributed by atoms with van der Waals surface area (Å²) in [6.45, 7) is 8.25. The quantitative estimate of drug-likeness (QED) is 0.569. The van der Waals surface area contributed by atoms with Crippen LogP contribution >= 0.6 is 0 Å². The molecule has 0 spiro atoms. The van der Waals surface area contributed by atoms with E-state index in [9.17, 15) is 5.11 Å². The first-order valence-electron chi connectivity index (χ1n) is 4.39. The van der Waals surface area contributed by atoms with Crippen molar-refractivity contribution in [2.24, 2.45) is 17.3 Å². The first-order valence-corrected chi connectivity index (χ1v) is 4.39. The number of allylic oxidation sites excluding steroid dienone is 1. The summed E-state index contributed by atoms with van der Waals surface area (Å²) in [7, 11) is 0. The van der Waals surface area contributed by atoms with Crippen LogP contribution in [0.3, 0.4) is 0 Å². The molecule has 1 N–H and O–H groups in total. The largest absolute Gasteiger partial charge is 0.393 e. The van der Waals surface area contributed by atoms with E-state index >= 15 is 0 Å². The summed E-state index contributed by atoms with van der Waals surface area (Å²) in [4.78, 5) is 0. The fourth-order valence-corrected chi connectivity index (χ4v) is 2.62. The molecule has 2 rings (SSSR count). The Hall–Kier alpha value is -0.300. The van der Waals surface area contributed by atoms with Crippen molar-refractivity contribution in [2.75, 3.05) is 0 Å². The van der Waals surface area contributed by atoms with Crippen LogP contribution in [-0.4, -0.2) is 11.2 Å². The zero-order chi connectivity index (χ0) is 8.22. The van der Waals surface area contributed by atoms with Gasteiger partial charge in [-0.25, -0.2) is 0 Å². The van der Waals surface area contributed by atoms with Crippen molar-refractivity contribution in [2.45, 2.75) is 32.8 Å². The summed E-state index contributed by atoms with van der Waals surface area (Å²) in [6, 6.07) is 0. The molecule has 0 heterocycles. The van der Waals surface area contributed by atoms with Gasteiger partial charge in [-0.2, -0.15) is 0 Å². The Balaban J connectivity index is 2.16. The molecular formula is C10H16O. The molecular weight excluding hydrogens is 136 g/mol. The molecule has 0 unspecified atom stereocenters. The first kappa shape index (κ1) is 7.35. The van der Waals surface area contributed by atoms with Gasteiger partial charge in [0.2, 0.25) is 0 Å². The molecule has 11 heavy (non-hydrogen) atoms. The van der Waals surface area contributed by atoms with E-state index < -0.39 is 0 Å². The molecule has 1 heteroatoms. The Kier molecular flexibility index (Phi) is 1.26. The number of hydrogen-bond donors (Lipinski definition) is 1. The van der Waals surface area contributed by atoms with Gasteiger partial charge in [-0.3, -0.25) is 0 Å². The second kappa shape index (κ2) is 1.89. The minimum atomic E-state index is -0.0609. The van der Waals surface area contributed by atoms with Gasteiger partial charge < -0.3 is 5.11 Å². The van der Waals surface area contributed by atoms with Crippen molar-refractivity contribution < 1.29 is 5.11 Å². The van der Waals surface area contributed by atoms with Gasteiger partial charge in [0.25, 0.3) is 0 Å². The van der Waals surface area contributed by atoms with E-state index in [4.69, 9.17) is 0 Å². The van der Waals surface area contributed by atoms with E-state index in [0.29, 0.717) is 5.92 Å². The summed E-state index contributed by atoms with van der Waals surface area (Å²) in [5, 5.41) is 9.68. The highest BCUT2D eigenvalue weighted by Crippen LogP contribution is 2.66. The summed E-state index contributed by atoms with van der Waals surface area (Å²) < 4.78 is 0. The number of aliphatic hydroxyl groups excluding tert-OH is 1. The average Bonchev–Trinajstić information content (AvgIpc) is 2.51. The molecule has 4 atom stereocenters. The van der Waals surface area contributed by atoms with Gasteiger partial charge in [0.15, 0.2) is 0 Å². The van der Waals surface area contributed by atoms with Crippen LogP contribution in [0.25, 0.3) is 0 Å². The molecule has 62 valence electrons. The van der Waals surface area contributed by atoms with Crippen molar-refractivity contribution in [3.63, 3.8) is 0 Å². The summed E-state index contributed by atoms with van der Waals surface area (Å²) in [5.41, 5.74) is 1.53. The Morgan fingerprint density at radius 3 is 2.45 bits per heavy atom. The Morgan fingerprint density at radius 1 is 1.64 bits per heavy atom. The monoisotopic (exact) mass is 152 g/mol. The lowest BCUT2D eigenvalue weighted by Crippen LogP contribution is -2.14. The zero-order valence-electron chi connectivity index (χ0n) is 7.30. The van der Waals surface area contributed by atoms with E-state index in [1.54, 1.807) is 0 Å². The third-order valence-electron chi connectivity index (χ3n) is 3.70. The Labute approximate surface area is 68.1 Å². The number of aliphatic hydroxyl groups is 1. The molecule has 0 aliphatic heterocycles. The number of rotatable bonds is 1. The predicted molar refractivity (Wildman–Crippen MR) is 45.1 cm³/mol. The van der Waals surface area contributed by atoms with Crippen LogP contribution in [0.5, 0.6) is 0 Å². The molecule has 2 aliphatic rings. The molecule has 1 nitrogen and oxygen atoms in total. The van der Waals surface area contributed by atoms with E-state index in [1.807, 2.05) is 0 Å². The van der Waals surface area contributed by atoms with Gasteiger partial charge in [0.1, 0.15) is 0 Å². The van der Waals surface area contributed by atoms with Gasteiger partial charge in [-0.15, -0.1) is 0 Å². The van der Waals surface area contributed by atoms with Gasteiger partial charge in [0.05, 0.1) is 6.10 Å². The maximum Gasteiger partial charge on any atom is 0.0602 e. The van der Waals surface area contributed by atoms with Gasteiger partial charge in [0, 0.05) is 0 Å². The predicted octanol–water partition coefficient (Wildman–Crippen LogP) is 1.97. The van der Waals surface area contributed by atoms with E-state index in [1.165, 1.54) is 12.0 Å². The van der Waals surface area contributed by atoms with Gasteiger partial charge in [-0.1, -0.05) is 19.1 Å². The van der Waals surface area contributed by atoms with Crippen LogP contribution in [0.2, 0.25) is 0 Å². The molecule has 0 amide bonds. The van der Waals surface area contributed by atoms with E-state index in [0.717, 1.165) is 12.3 Å². The third-order valence-corrected chi connectivity index (χ3v) is 3.70. The van der Waals surface area contributed by atoms with Crippen molar-refractivity contribution >= 4 is 0 Å². The van der Waals surface area contributed by atoms with Crippen LogP contribution in [0.15, 0.2) is 12.2 Å². The average molecular weight is 152 g/mol. The minimum Gasteiger partial charge on any atom is -0.393 e. The van der Waals surface area contributed by atoms with Crippen LogP contribution in [-0.2, 0) is 0 Å². The molecule has 2 aliphatic carbocycles. The molecule has 2 fully saturated rings. The van der Waals surface area contributed by atoms with E-state index in [-0.39, 0.29) is 11.5 Å². The van der Waals surface area contributed by atoms with Crippen molar-refractivity contribution in [1.29, 1.82) is 0 Å². The lowest BCUT2D eigenvalue weighted by atomic mass is 9.96. The first-order chi connectivity index (χ1) is 5.05. The standard InChI is InChI=1S/C10H16O/c1-6(2)7-4-9(11)10(3)5-8(7)10/h7-9,11H,1,4-5H2,2-3H3/t7-,8+,9-,10+/m0/s1. The van der Waals surface area contributed by atoms with Crippen molar-refractivity contribution in [3.05, 3.63) is 12.2 Å². The molecule has 0 aromatic heterocycles. The van der Waals surface area contributed by atoms with Crippen LogP contribution in [0, 0.1) is 17.3 Å². The van der Waals surface area contributed by atoms with Crippen molar-refractivity contribution in [3.8, 4) is 0 Å². The fourth-order valence-electron chi connectivity index (χ4n) is 2.62. The molecule has 0 bridgehead atoms. The summed E-state index contributed by atoms with van der Waals surface area (Å²) >= 11 is 0.